The molecule has 0 saturated heterocycles. The number of hydrogen-bond acceptors (Lipinski definition) is 7. The lowest BCUT2D eigenvalue weighted by molar-refractivity contribution is -0.119. The third-order valence-corrected chi connectivity index (χ3v) is 7.43. The van der Waals surface area contributed by atoms with Gasteiger partial charge in [-0.05, 0) is 51.8 Å². The zero-order valence-electron chi connectivity index (χ0n) is 20.0. The summed E-state index contributed by atoms with van der Waals surface area (Å²) in [5, 5.41) is 7.79. The fraction of sp³-hybridized carbons (Fsp3) is 0.320. The molecule has 9 nitrogen and oxygen atoms in total. The third-order valence-electron chi connectivity index (χ3n) is 6.27. The number of amides is 1. The molecule has 1 aliphatic rings. The molecule has 1 aliphatic heterocycles. The number of nitrogens with one attached hydrogen (secondary N) is 1. The van der Waals surface area contributed by atoms with E-state index >= 15 is 0 Å². The fourth-order valence-electron chi connectivity index (χ4n) is 4.40. The Bertz CT molecular complexity index is 1550. The molecule has 10 heteroatoms. The number of aryl methyl sites for hydroxylation is 4. The lowest BCUT2D eigenvalue weighted by atomic mass is 10.2. The van der Waals surface area contributed by atoms with Crippen LogP contribution in [-0.4, -0.2) is 37.8 Å². The number of carbonyl (C=O) groups is 2. The maximum Gasteiger partial charge on any atom is 0.349 e. The Hall–Kier alpha value is -3.79. The minimum atomic E-state index is -0.644. The lowest BCUT2D eigenvalue weighted by Gasteiger charge is -2.08. The van der Waals surface area contributed by atoms with Crippen LogP contribution in [-0.2, 0) is 22.5 Å². The average Bonchev–Trinajstić information content (AvgIpc) is 3.51. The van der Waals surface area contributed by atoms with E-state index < -0.39 is 18.5 Å². The van der Waals surface area contributed by atoms with E-state index in [1.807, 2.05) is 45.0 Å². The van der Waals surface area contributed by atoms with E-state index in [0.717, 1.165) is 46.9 Å². The largest absolute Gasteiger partial charge is 0.451 e. The van der Waals surface area contributed by atoms with Crippen LogP contribution in [0.1, 0.15) is 44.4 Å². The maximum atomic E-state index is 12.8. The summed E-state index contributed by atoms with van der Waals surface area (Å²) in [6.07, 6.45) is 1.65. The van der Waals surface area contributed by atoms with Crippen LogP contribution in [0, 0.1) is 27.7 Å². The highest BCUT2D eigenvalue weighted by molar-refractivity contribution is 7.20. The number of rotatable bonds is 5. The molecule has 0 spiro atoms. The molecule has 4 aromatic rings. The average molecular weight is 492 g/mol. The summed E-state index contributed by atoms with van der Waals surface area (Å²) in [6.45, 7) is 7.59. The quantitative estimate of drug-likeness (QED) is 0.427. The van der Waals surface area contributed by atoms with E-state index in [1.165, 1.54) is 0 Å². The van der Waals surface area contributed by atoms with Crippen LogP contribution < -0.4 is 10.9 Å². The van der Waals surface area contributed by atoms with Gasteiger partial charge in [-0.15, -0.1) is 11.3 Å². The topological polar surface area (TPSA) is 108 Å². The van der Waals surface area contributed by atoms with E-state index in [2.05, 4.69) is 15.4 Å². The van der Waals surface area contributed by atoms with E-state index in [0.29, 0.717) is 38.6 Å². The van der Waals surface area contributed by atoms with Crippen molar-refractivity contribution in [2.75, 3.05) is 11.9 Å². The van der Waals surface area contributed by atoms with Crippen molar-refractivity contribution in [1.82, 2.24) is 19.3 Å². The number of aromatic nitrogens is 4. The van der Waals surface area contributed by atoms with E-state index in [1.54, 1.807) is 16.2 Å². The van der Waals surface area contributed by atoms with E-state index in [-0.39, 0.29) is 5.56 Å². The summed E-state index contributed by atoms with van der Waals surface area (Å²) in [5.74, 6) is -0.363. The first-order valence-corrected chi connectivity index (χ1v) is 12.2. The second-order valence-corrected chi connectivity index (χ2v) is 9.74. The van der Waals surface area contributed by atoms with Gasteiger partial charge in [-0.1, -0.05) is 17.7 Å². The number of thiophene rings is 1. The Morgan fingerprint density at radius 3 is 2.63 bits per heavy atom. The summed E-state index contributed by atoms with van der Waals surface area (Å²) in [4.78, 5) is 43.6. The second-order valence-electron chi connectivity index (χ2n) is 8.74. The molecular formula is C25H25N5O4S. The van der Waals surface area contributed by atoms with Crippen molar-refractivity contribution in [2.24, 2.45) is 0 Å². The van der Waals surface area contributed by atoms with Gasteiger partial charge in [-0.25, -0.2) is 14.5 Å². The molecule has 4 heterocycles. The van der Waals surface area contributed by atoms with Gasteiger partial charge in [-0.2, -0.15) is 5.10 Å². The van der Waals surface area contributed by atoms with E-state index in [9.17, 15) is 14.4 Å². The van der Waals surface area contributed by atoms with Crippen LogP contribution >= 0.6 is 11.3 Å². The number of benzene rings is 1. The maximum absolute atomic E-state index is 12.8. The fourth-order valence-corrected chi connectivity index (χ4v) is 5.49. The number of fused-ring (bicyclic) bond motifs is 2. The number of ether oxygens (including phenoxy) is 1. The molecule has 1 N–H and O–H groups in total. The van der Waals surface area contributed by atoms with Gasteiger partial charge in [-0.3, -0.25) is 14.2 Å². The molecule has 0 radical (unpaired) electrons. The van der Waals surface area contributed by atoms with Crippen LogP contribution in [0.3, 0.4) is 0 Å². The standard InChI is InChI=1S/C25H25N5O4S/c1-13-7-9-17(10-8-13)30-16(4)21(15(3)28-30)27-19(31)12-34-25(33)22-14(2)20-23(35-22)26-18-6-5-11-29(18)24(20)32/h7-10H,5-6,11-12H2,1-4H3,(H,27,31). The number of nitrogens with zero attached hydrogens (tertiary/aromatic N) is 4. The second kappa shape index (κ2) is 8.77. The summed E-state index contributed by atoms with van der Waals surface area (Å²) in [7, 11) is 0. The predicted octanol–water partition coefficient (Wildman–Crippen LogP) is 3.62. The van der Waals surface area contributed by atoms with Gasteiger partial charge in [0.15, 0.2) is 6.61 Å². The minimum absolute atomic E-state index is 0.121. The van der Waals surface area contributed by atoms with Gasteiger partial charge in [0.2, 0.25) is 0 Å². The SMILES string of the molecule is Cc1ccc(-n2nc(C)c(NC(=O)COC(=O)c3sc4nc5n(c(=O)c4c3C)CCC5)c2C)cc1. The van der Waals surface area contributed by atoms with Crippen LogP contribution in [0.15, 0.2) is 29.1 Å². The first-order valence-electron chi connectivity index (χ1n) is 11.4. The predicted molar refractivity (Wildman–Crippen MR) is 134 cm³/mol. The number of carbonyl (C=O) groups excluding carboxylic acids is 2. The van der Waals surface area contributed by atoms with Crippen molar-refractivity contribution in [1.29, 1.82) is 0 Å². The molecule has 5 rings (SSSR count). The van der Waals surface area contributed by atoms with E-state index in [4.69, 9.17) is 4.74 Å². The van der Waals surface area contributed by atoms with Gasteiger partial charge in [0, 0.05) is 13.0 Å². The molecule has 180 valence electrons. The highest BCUT2D eigenvalue weighted by Gasteiger charge is 2.25. The summed E-state index contributed by atoms with van der Waals surface area (Å²) >= 11 is 1.13. The molecule has 1 amide bonds. The minimum Gasteiger partial charge on any atom is -0.451 e. The lowest BCUT2D eigenvalue weighted by Crippen LogP contribution is -2.22. The smallest absolute Gasteiger partial charge is 0.349 e. The summed E-state index contributed by atoms with van der Waals surface area (Å²) in [6, 6.07) is 7.92. The van der Waals surface area contributed by atoms with Crippen molar-refractivity contribution in [3.8, 4) is 5.69 Å². The third kappa shape index (κ3) is 4.03. The van der Waals surface area contributed by atoms with Crippen molar-refractivity contribution in [3.63, 3.8) is 0 Å². The molecule has 0 fully saturated rings. The summed E-state index contributed by atoms with van der Waals surface area (Å²) in [5.41, 5.74) is 4.46. The highest BCUT2D eigenvalue weighted by Crippen LogP contribution is 2.29. The van der Waals surface area contributed by atoms with Gasteiger partial charge >= 0.3 is 5.97 Å². The van der Waals surface area contributed by atoms with Gasteiger partial charge in [0.05, 0.1) is 28.1 Å². The molecule has 0 atom stereocenters. The van der Waals surface area contributed by atoms with Crippen LogP contribution in [0.4, 0.5) is 5.69 Å². The van der Waals surface area contributed by atoms with Crippen LogP contribution in [0.5, 0.6) is 0 Å². The van der Waals surface area contributed by atoms with Gasteiger partial charge in [0.25, 0.3) is 11.5 Å². The Labute approximate surface area is 205 Å². The highest BCUT2D eigenvalue weighted by atomic mass is 32.1. The first kappa shape index (κ1) is 23.0. The van der Waals surface area contributed by atoms with Crippen molar-refractivity contribution < 1.29 is 14.3 Å². The molecule has 3 aromatic heterocycles. The first-order chi connectivity index (χ1) is 16.7. The van der Waals surface area contributed by atoms with Gasteiger partial charge < -0.3 is 10.1 Å². The van der Waals surface area contributed by atoms with Crippen molar-refractivity contribution >= 4 is 39.1 Å². The number of esters is 1. The number of hydrogen-bond donors (Lipinski definition) is 1. The molecule has 0 aliphatic carbocycles. The van der Waals surface area contributed by atoms with Gasteiger partial charge in [0.1, 0.15) is 15.5 Å². The normalized spacial score (nSPS) is 12.7. The zero-order valence-corrected chi connectivity index (χ0v) is 20.8. The zero-order chi connectivity index (χ0) is 24.9. The molecule has 0 unspecified atom stereocenters. The molecule has 0 bridgehead atoms. The van der Waals surface area contributed by atoms with Crippen molar-refractivity contribution in [2.45, 2.75) is 47.1 Å². The molecule has 35 heavy (non-hydrogen) atoms. The monoisotopic (exact) mass is 491 g/mol. The number of anilines is 1. The Balaban J connectivity index is 1.30. The molecular weight excluding hydrogens is 466 g/mol. The van der Waals surface area contributed by atoms with Crippen LogP contribution in [0.25, 0.3) is 15.9 Å². The summed E-state index contributed by atoms with van der Waals surface area (Å²) < 4.78 is 8.73. The Morgan fingerprint density at radius 1 is 1.14 bits per heavy atom. The molecule has 0 saturated carbocycles. The van der Waals surface area contributed by atoms with Crippen molar-refractivity contribution in [3.05, 3.63) is 67.8 Å². The Kier molecular flexibility index (Phi) is 5.76. The Morgan fingerprint density at radius 2 is 1.89 bits per heavy atom. The molecule has 1 aromatic carbocycles. The van der Waals surface area contributed by atoms with Crippen LogP contribution in [0.2, 0.25) is 0 Å².